The van der Waals surface area contributed by atoms with Gasteiger partial charge in [-0.15, -0.1) is 0 Å². The number of methoxy groups -OCH3 is 1. The first kappa shape index (κ1) is 19.1. The van der Waals surface area contributed by atoms with E-state index in [-0.39, 0.29) is 0 Å². The van der Waals surface area contributed by atoms with E-state index in [1.165, 1.54) is 5.56 Å². The van der Waals surface area contributed by atoms with E-state index >= 15 is 0 Å². The Bertz CT molecular complexity index is 738. The van der Waals surface area contributed by atoms with Crippen molar-refractivity contribution in [1.29, 1.82) is 0 Å². The molecule has 2 rings (SSSR count). The van der Waals surface area contributed by atoms with Crippen LogP contribution in [0.4, 0.5) is 0 Å². The van der Waals surface area contributed by atoms with E-state index in [9.17, 15) is 0 Å². The minimum Gasteiger partial charge on any atom is -0.497 e. The average Bonchev–Trinajstić information content (AvgIpc) is 2.62. The maximum absolute atomic E-state index is 5.95. The molecule has 0 aliphatic heterocycles. The SMILES string of the molecule is COc1cccc(CCN=C(Br)C(OCc2ccccc2)=C(C)N)c1. The molecule has 0 saturated carbocycles. The van der Waals surface area contributed by atoms with Crippen LogP contribution in [0.15, 0.2) is 71.0 Å². The molecule has 0 fully saturated rings. The van der Waals surface area contributed by atoms with Crippen LogP contribution < -0.4 is 10.5 Å². The van der Waals surface area contributed by atoms with Gasteiger partial charge in [0.2, 0.25) is 0 Å². The summed E-state index contributed by atoms with van der Waals surface area (Å²) in [4.78, 5) is 4.54. The van der Waals surface area contributed by atoms with Crippen molar-refractivity contribution in [3.05, 3.63) is 77.2 Å². The van der Waals surface area contributed by atoms with Crippen LogP contribution in [0, 0.1) is 0 Å². The van der Waals surface area contributed by atoms with Crippen LogP contribution >= 0.6 is 15.9 Å². The largest absolute Gasteiger partial charge is 0.497 e. The summed E-state index contributed by atoms with van der Waals surface area (Å²) in [5.41, 5.74) is 8.79. The molecule has 0 unspecified atom stereocenters. The Morgan fingerprint density at radius 3 is 2.48 bits per heavy atom. The van der Waals surface area contributed by atoms with Crippen molar-refractivity contribution in [1.82, 2.24) is 0 Å². The first-order chi connectivity index (χ1) is 12.1. The molecule has 5 heteroatoms. The summed E-state index contributed by atoms with van der Waals surface area (Å²) in [6, 6.07) is 17.9. The van der Waals surface area contributed by atoms with E-state index in [0.29, 0.717) is 29.2 Å². The molecule has 0 radical (unpaired) electrons. The molecule has 0 aromatic heterocycles. The molecule has 132 valence electrons. The quantitative estimate of drug-likeness (QED) is 0.524. The number of hydrogen-bond donors (Lipinski definition) is 1. The third-order valence-corrected chi connectivity index (χ3v) is 4.17. The highest BCUT2D eigenvalue weighted by atomic mass is 79.9. The lowest BCUT2D eigenvalue weighted by Crippen LogP contribution is -2.09. The fourth-order valence-corrected chi connectivity index (χ4v) is 2.85. The molecule has 0 saturated heterocycles. The second-order valence-corrected chi connectivity index (χ2v) is 6.31. The van der Waals surface area contributed by atoms with Gasteiger partial charge in [0.15, 0.2) is 5.76 Å². The van der Waals surface area contributed by atoms with E-state index in [0.717, 1.165) is 17.7 Å². The Morgan fingerprint density at radius 1 is 1.08 bits per heavy atom. The number of allylic oxidation sites excluding steroid dienone is 2. The third-order valence-electron chi connectivity index (χ3n) is 3.56. The molecule has 0 bridgehead atoms. The van der Waals surface area contributed by atoms with Gasteiger partial charge in [0, 0.05) is 6.54 Å². The van der Waals surface area contributed by atoms with E-state index in [4.69, 9.17) is 15.2 Å². The van der Waals surface area contributed by atoms with Crippen molar-refractivity contribution in [2.24, 2.45) is 10.7 Å². The van der Waals surface area contributed by atoms with Crippen molar-refractivity contribution in [2.45, 2.75) is 20.0 Å². The van der Waals surface area contributed by atoms with Crippen LogP contribution in [0.25, 0.3) is 0 Å². The highest BCUT2D eigenvalue weighted by Crippen LogP contribution is 2.15. The molecular formula is C20H23BrN2O2. The number of hydrogen-bond acceptors (Lipinski definition) is 4. The third kappa shape index (κ3) is 6.27. The standard InChI is InChI=1S/C20H23BrN2O2/c1-15(22)19(25-14-17-7-4-3-5-8-17)20(21)23-12-11-16-9-6-10-18(13-16)24-2/h3-10,13H,11-12,14,22H2,1-2H3. The molecular weight excluding hydrogens is 380 g/mol. The zero-order valence-electron chi connectivity index (χ0n) is 14.5. The summed E-state index contributed by atoms with van der Waals surface area (Å²) < 4.78 is 11.7. The Morgan fingerprint density at radius 2 is 1.80 bits per heavy atom. The molecule has 0 amide bonds. The summed E-state index contributed by atoms with van der Waals surface area (Å²) >= 11 is 3.48. The van der Waals surface area contributed by atoms with Gasteiger partial charge in [0.25, 0.3) is 0 Å². The molecule has 2 aromatic carbocycles. The lowest BCUT2D eigenvalue weighted by Gasteiger charge is -2.11. The number of halogens is 1. The van der Waals surface area contributed by atoms with Gasteiger partial charge < -0.3 is 15.2 Å². The summed E-state index contributed by atoms with van der Waals surface area (Å²) in [6.45, 7) is 2.88. The van der Waals surface area contributed by atoms with Crippen molar-refractivity contribution < 1.29 is 9.47 Å². The van der Waals surface area contributed by atoms with Crippen LogP contribution in [0.1, 0.15) is 18.1 Å². The molecule has 0 heterocycles. The average molecular weight is 403 g/mol. The summed E-state index contributed by atoms with van der Waals surface area (Å²) in [6.07, 6.45) is 0.807. The second-order valence-electron chi connectivity index (χ2n) is 5.56. The minimum absolute atomic E-state index is 0.450. The number of aliphatic imine (C=N–C) groups is 1. The second kappa shape index (κ2) is 9.89. The van der Waals surface area contributed by atoms with E-state index in [1.807, 2.05) is 48.5 Å². The number of benzene rings is 2. The Balaban J connectivity index is 1.95. The van der Waals surface area contributed by atoms with Crippen LogP contribution in [-0.2, 0) is 17.8 Å². The van der Waals surface area contributed by atoms with Crippen LogP contribution in [-0.4, -0.2) is 18.3 Å². The van der Waals surface area contributed by atoms with Gasteiger partial charge in [-0.3, -0.25) is 4.99 Å². The van der Waals surface area contributed by atoms with Crippen LogP contribution in [0.5, 0.6) is 5.75 Å². The molecule has 2 N–H and O–H groups in total. The maximum atomic E-state index is 5.95. The Kier molecular flexibility index (Phi) is 7.54. The number of rotatable bonds is 8. The normalized spacial score (nSPS) is 12.5. The lowest BCUT2D eigenvalue weighted by molar-refractivity contribution is 0.215. The predicted octanol–water partition coefficient (Wildman–Crippen LogP) is 4.44. The summed E-state index contributed by atoms with van der Waals surface area (Å²) in [7, 11) is 1.67. The van der Waals surface area contributed by atoms with E-state index in [1.54, 1.807) is 14.0 Å². The van der Waals surface area contributed by atoms with Gasteiger partial charge in [-0.1, -0.05) is 42.5 Å². The maximum Gasteiger partial charge on any atom is 0.170 e. The van der Waals surface area contributed by atoms with Gasteiger partial charge in [0.1, 0.15) is 17.0 Å². The minimum atomic E-state index is 0.450. The smallest absolute Gasteiger partial charge is 0.170 e. The fraction of sp³-hybridized carbons (Fsp3) is 0.250. The Labute approximate surface area is 157 Å². The zero-order chi connectivity index (χ0) is 18.1. The number of nitrogens with two attached hydrogens (primary N) is 1. The van der Waals surface area contributed by atoms with Crippen molar-refractivity contribution in [2.75, 3.05) is 13.7 Å². The van der Waals surface area contributed by atoms with E-state index < -0.39 is 0 Å². The molecule has 2 aromatic rings. The van der Waals surface area contributed by atoms with Crippen molar-refractivity contribution in [3.63, 3.8) is 0 Å². The molecule has 0 aliphatic carbocycles. The van der Waals surface area contributed by atoms with Gasteiger partial charge in [-0.25, -0.2) is 0 Å². The van der Waals surface area contributed by atoms with Gasteiger partial charge >= 0.3 is 0 Å². The molecule has 0 spiro atoms. The summed E-state index contributed by atoms with van der Waals surface area (Å²) in [5, 5.41) is 0. The van der Waals surface area contributed by atoms with Crippen LogP contribution in [0.2, 0.25) is 0 Å². The van der Waals surface area contributed by atoms with Gasteiger partial charge in [-0.05, 0) is 52.5 Å². The number of nitrogens with zero attached hydrogens (tertiary/aromatic N) is 1. The zero-order valence-corrected chi connectivity index (χ0v) is 16.1. The Hall–Kier alpha value is -2.27. The molecule has 0 atom stereocenters. The fourth-order valence-electron chi connectivity index (χ4n) is 2.25. The lowest BCUT2D eigenvalue weighted by atomic mass is 10.1. The van der Waals surface area contributed by atoms with Gasteiger partial charge in [0.05, 0.1) is 12.8 Å². The first-order valence-corrected chi connectivity index (χ1v) is 8.85. The highest BCUT2D eigenvalue weighted by Gasteiger charge is 2.09. The first-order valence-electron chi connectivity index (χ1n) is 8.06. The topological polar surface area (TPSA) is 56.8 Å². The molecule has 0 aliphatic rings. The predicted molar refractivity (Wildman–Crippen MR) is 106 cm³/mol. The van der Waals surface area contributed by atoms with E-state index in [2.05, 4.69) is 27.0 Å². The molecule has 25 heavy (non-hydrogen) atoms. The van der Waals surface area contributed by atoms with Crippen molar-refractivity contribution in [3.8, 4) is 5.75 Å². The molecule has 4 nitrogen and oxygen atoms in total. The highest BCUT2D eigenvalue weighted by molar-refractivity contribution is 9.18. The van der Waals surface area contributed by atoms with Crippen LogP contribution in [0.3, 0.4) is 0 Å². The van der Waals surface area contributed by atoms with Gasteiger partial charge in [-0.2, -0.15) is 0 Å². The number of ether oxygens (including phenoxy) is 2. The monoisotopic (exact) mass is 402 g/mol. The summed E-state index contributed by atoms with van der Waals surface area (Å²) in [5.74, 6) is 1.43. The van der Waals surface area contributed by atoms with Crippen molar-refractivity contribution >= 4 is 20.6 Å².